The second-order valence-electron chi connectivity index (χ2n) is 6.26. The minimum absolute atomic E-state index is 0.207. The first-order chi connectivity index (χ1) is 10.5. The SMILES string of the molecule is CCOC(=O)c1coc(N2CCC([C@@H](O)CC(C)C)CC2)n1. The monoisotopic (exact) mass is 310 g/mol. The second-order valence-corrected chi connectivity index (χ2v) is 6.26. The van der Waals surface area contributed by atoms with Gasteiger partial charge in [0, 0.05) is 13.1 Å². The average Bonchev–Trinajstić information content (AvgIpc) is 2.97. The van der Waals surface area contributed by atoms with Crippen molar-refractivity contribution in [2.45, 2.75) is 46.1 Å². The zero-order valence-electron chi connectivity index (χ0n) is 13.6. The molecule has 22 heavy (non-hydrogen) atoms. The Kier molecular flexibility index (Phi) is 5.83. The first kappa shape index (κ1) is 16.8. The van der Waals surface area contributed by atoms with Gasteiger partial charge in [-0.05, 0) is 38.0 Å². The first-order valence-electron chi connectivity index (χ1n) is 8.07. The lowest BCUT2D eigenvalue weighted by molar-refractivity contribution is 0.0519. The molecule has 124 valence electrons. The molecule has 0 aromatic carbocycles. The molecular weight excluding hydrogens is 284 g/mol. The lowest BCUT2D eigenvalue weighted by Crippen LogP contribution is -2.38. The molecule has 1 aromatic heterocycles. The van der Waals surface area contributed by atoms with Gasteiger partial charge in [-0.3, -0.25) is 0 Å². The molecule has 6 heteroatoms. The van der Waals surface area contributed by atoms with E-state index in [0.29, 0.717) is 24.5 Å². The van der Waals surface area contributed by atoms with Crippen molar-refractivity contribution in [3.05, 3.63) is 12.0 Å². The third kappa shape index (κ3) is 4.22. The molecule has 0 amide bonds. The molecule has 1 aliphatic rings. The molecule has 0 radical (unpaired) electrons. The Morgan fingerprint density at radius 1 is 1.50 bits per heavy atom. The largest absolute Gasteiger partial charge is 0.461 e. The summed E-state index contributed by atoms with van der Waals surface area (Å²) in [5.41, 5.74) is 0.207. The lowest BCUT2D eigenvalue weighted by Gasteiger charge is -2.33. The van der Waals surface area contributed by atoms with Crippen molar-refractivity contribution in [1.29, 1.82) is 0 Å². The third-order valence-corrected chi connectivity index (χ3v) is 4.04. The Morgan fingerprint density at radius 2 is 2.18 bits per heavy atom. The molecule has 6 nitrogen and oxygen atoms in total. The molecular formula is C16H26N2O4. The summed E-state index contributed by atoms with van der Waals surface area (Å²) in [6.45, 7) is 7.89. The van der Waals surface area contributed by atoms with Crippen LogP contribution in [0.3, 0.4) is 0 Å². The maximum absolute atomic E-state index is 11.6. The number of hydrogen-bond donors (Lipinski definition) is 1. The molecule has 0 aliphatic carbocycles. The summed E-state index contributed by atoms with van der Waals surface area (Å²) in [6, 6.07) is 0.458. The number of oxazole rings is 1. The summed E-state index contributed by atoms with van der Waals surface area (Å²) in [5.74, 6) is 0.379. The molecule has 0 bridgehead atoms. The van der Waals surface area contributed by atoms with Gasteiger partial charge in [-0.2, -0.15) is 4.98 Å². The van der Waals surface area contributed by atoms with Gasteiger partial charge in [0.2, 0.25) is 0 Å². The fraction of sp³-hybridized carbons (Fsp3) is 0.750. The number of carbonyl (C=O) groups is 1. The number of nitrogens with zero attached hydrogens (tertiary/aromatic N) is 2. The number of hydrogen-bond acceptors (Lipinski definition) is 6. The van der Waals surface area contributed by atoms with E-state index in [1.165, 1.54) is 6.26 Å². The van der Waals surface area contributed by atoms with Crippen LogP contribution in [0.4, 0.5) is 6.01 Å². The Morgan fingerprint density at radius 3 is 2.77 bits per heavy atom. The highest BCUT2D eigenvalue weighted by Gasteiger charge is 2.28. The van der Waals surface area contributed by atoms with E-state index in [0.717, 1.165) is 32.4 Å². The number of ether oxygens (including phenoxy) is 1. The molecule has 2 heterocycles. The van der Waals surface area contributed by atoms with E-state index in [2.05, 4.69) is 18.8 Å². The van der Waals surface area contributed by atoms with E-state index in [1.54, 1.807) is 6.92 Å². The normalized spacial score (nSPS) is 17.8. The van der Waals surface area contributed by atoms with Crippen molar-refractivity contribution < 1.29 is 19.1 Å². The number of anilines is 1. The van der Waals surface area contributed by atoms with E-state index in [9.17, 15) is 9.90 Å². The maximum atomic E-state index is 11.6. The fourth-order valence-corrected chi connectivity index (χ4v) is 2.86. The highest BCUT2D eigenvalue weighted by molar-refractivity contribution is 5.87. The molecule has 1 saturated heterocycles. The molecule has 1 atom stereocenters. The van der Waals surface area contributed by atoms with Crippen LogP contribution in [0.15, 0.2) is 10.7 Å². The predicted molar refractivity (Wildman–Crippen MR) is 82.9 cm³/mol. The number of aliphatic hydroxyl groups is 1. The van der Waals surface area contributed by atoms with Gasteiger partial charge in [0.05, 0.1) is 12.7 Å². The number of aliphatic hydroxyl groups excluding tert-OH is 1. The molecule has 0 saturated carbocycles. The minimum atomic E-state index is -0.459. The van der Waals surface area contributed by atoms with Crippen LogP contribution in [0.2, 0.25) is 0 Å². The van der Waals surface area contributed by atoms with Crippen molar-refractivity contribution >= 4 is 12.0 Å². The van der Waals surface area contributed by atoms with Gasteiger partial charge in [-0.1, -0.05) is 13.8 Å². The van der Waals surface area contributed by atoms with Gasteiger partial charge >= 0.3 is 5.97 Å². The van der Waals surface area contributed by atoms with E-state index >= 15 is 0 Å². The molecule has 1 aromatic rings. The van der Waals surface area contributed by atoms with Crippen LogP contribution >= 0.6 is 0 Å². The quantitative estimate of drug-likeness (QED) is 0.814. The Bertz CT molecular complexity index is 478. The van der Waals surface area contributed by atoms with Crippen molar-refractivity contribution in [3.8, 4) is 0 Å². The van der Waals surface area contributed by atoms with Gasteiger partial charge < -0.3 is 19.2 Å². The standard InChI is InChI=1S/C16H26N2O4/c1-4-21-15(20)13-10-22-16(17-13)18-7-5-12(6-8-18)14(19)9-11(2)3/h10-12,14,19H,4-9H2,1-3H3/t14-/m0/s1. The summed E-state index contributed by atoms with van der Waals surface area (Å²) in [4.78, 5) is 17.8. The van der Waals surface area contributed by atoms with Gasteiger partial charge in [0.15, 0.2) is 5.69 Å². The van der Waals surface area contributed by atoms with Gasteiger partial charge in [0.25, 0.3) is 6.01 Å². The Balaban J connectivity index is 1.88. The van der Waals surface area contributed by atoms with Crippen LogP contribution in [0, 0.1) is 11.8 Å². The van der Waals surface area contributed by atoms with E-state index in [4.69, 9.17) is 9.15 Å². The van der Waals surface area contributed by atoms with Gasteiger partial charge in [0.1, 0.15) is 6.26 Å². The minimum Gasteiger partial charge on any atom is -0.461 e. The number of esters is 1. The zero-order valence-corrected chi connectivity index (χ0v) is 13.6. The van der Waals surface area contributed by atoms with Gasteiger partial charge in [-0.15, -0.1) is 0 Å². The molecule has 1 N–H and O–H groups in total. The van der Waals surface area contributed by atoms with Crippen LogP contribution in [0.5, 0.6) is 0 Å². The number of piperidine rings is 1. The molecule has 0 unspecified atom stereocenters. The summed E-state index contributed by atoms with van der Waals surface area (Å²) in [7, 11) is 0. The highest BCUT2D eigenvalue weighted by Crippen LogP contribution is 2.27. The van der Waals surface area contributed by atoms with Crippen LogP contribution in [-0.4, -0.2) is 41.9 Å². The van der Waals surface area contributed by atoms with Crippen LogP contribution < -0.4 is 4.90 Å². The molecule has 0 spiro atoms. The summed E-state index contributed by atoms with van der Waals surface area (Å²) in [6.07, 6.45) is 3.77. The van der Waals surface area contributed by atoms with Crippen LogP contribution in [0.1, 0.15) is 50.5 Å². The van der Waals surface area contributed by atoms with Gasteiger partial charge in [-0.25, -0.2) is 4.79 Å². The number of aromatic nitrogens is 1. The molecule has 1 aliphatic heterocycles. The topological polar surface area (TPSA) is 75.8 Å². The first-order valence-corrected chi connectivity index (χ1v) is 8.07. The average molecular weight is 310 g/mol. The van der Waals surface area contributed by atoms with E-state index in [-0.39, 0.29) is 11.8 Å². The van der Waals surface area contributed by atoms with Crippen molar-refractivity contribution in [2.75, 3.05) is 24.6 Å². The summed E-state index contributed by atoms with van der Waals surface area (Å²) >= 11 is 0. The molecule has 2 rings (SSSR count). The number of carbonyl (C=O) groups excluding carboxylic acids is 1. The summed E-state index contributed by atoms with van der Waals surface area (Å²) in [5, 5.41) is 10.2. The van der Waals surface area contributed by atoms with E-state index in [1.807, 2.05) is 4.90 Å². The van der Waals surface area contributed by atoms with Crippen molar-refractivity contribution in [2.24, 2.45) is 11.8 Å². The van der Waals surface area contributed by atoms with Crippen molar-refractivity contribution in [3.63, 3.8) is 0 Å². The Labute approximate surface area is 131 Å². The third-order valence-electron chi connectivity index (χ3n) is 4.04. The zero-order chi connectivity index (χ0) is 16.1. The van der Waals surface area contributed by atoms with Crippen molar-refractivity contribution in [1.82, 2.24) is 4.98 Å². The summed E-state index contributed by atoms with van der Waals surface area (Å²) < 4.78 is 10.3. The second kappa shape index (κ2) is 7.63. The molecule has 1 fully saturated rings. The Hall–Kier alpha value is -1.56. The predicted octanol–water partition coefficient (Wildman–Crippen LogP) is 2.47. The van der Waals surface area contributed by atoms with Crippen LogP contribution in [-0.2, 0) is 4.74 Å². The van der Waals surface area contributed by atoms with E-state index < -0.39 is 5.97 Å². The number of rotatable bonds is 6. The fourth-order valence-electron chi connectivity index (χ4n) is 2.86. The lowest BCUT2D eigenvalue weighted by atomic mass is 9.87. The highest BCUT2D eigenvalue weighted by atomic mass is 16.5. The smallest absolute Gasteiger partial charge is 0.360 e. The van der Waals surface area contributed by atoms with Crippen LogP contribution in [0.25, 0.3) is 0 Å². The maximum Gasteiger partial charge on any atom is 0.360 e.